The fourth-order valence-corrected chi connectivity index (χ4v) is 3.62. The molecular weight excluding hydrogens is 490 g/mol. The summed E-state index contributed by atoms with van der Waals surface area (Å²) in [5, 5.41) is 19.5. The van der Waals surface area contributed by atoms with E-state index in [0.29, 0.717) is 35.9 Å². The molecule has 0 radical (unpaired) electrons. The van der Waals surface area contributed by atoms with E-state index in [0.717, 1.165) is 18.7 Å². The van der Waals surface area contributed by atoms with Crippen LogP contribution in [-0.4, -0.2) is 62.5 Å². The largest absolute Gasteiger partial charge is 0.493 e. The van der Waals surface area contributed by atoms with Crippen molar-refractivity contribution in [3.8, 4) is 17.3 Å². The van der Waals surface area contributed by atoms with Crippen molar-refractivity contribution in [3.63, 3.8) is 0 Å². The number of ether oxygens (including phenoxy) is 2. The van der Waals surface area contributed by atoms with Crippen molar-refractivity contribution in [1.29, 1.82) is 0 Å². The van der Waals surface area contributed by atoms with Crippen LogP contribution in [0.3, 0.4) is 0 Å². The molecule has 1 amide bonds. The highest BCUT2D eigenvalue weighted by atomic mass is 16.6. The molecule has 13 heteroatoms. The summed E-state index contributed by atoms with van der Waals surface area (Å²) in [5.74, 6) is 0.783. The smallest absolute Gasteiger partial charge is 0.293 e. The Morgan fingerprint density at radius 1 is 1.16 bits per heavy atom. The highest BCUT2D eigenvalue weighted by Gasteiger charge is 2.25. The van der Waals surface area contributed by atoms with Crippen molar-refractivity contribution in [2.24, 2.45) is 5.10 Å². The molecular formula is C25H29N9O4. The number of anilines is 1. The van der Waals surface area contributed by atoms with E-state index in [4.69, 9.17) is 19.8 Å². The van der Waals surface area contributed by atoms with Crippen LogP contribution in [0.15, 0.2) is 58.3 Å². The highest BCUT2D eigenvalue weighted by molar-refractivity contribution is 5.94. The van der Waals surface area contributed by atoms with Crippen LogP contribution in [0.2, 0.25) is 0 Å². The molecule has 198 valence electrons. The minimum absolute atomic E-state index is 0.0332. The molecule has 0 bridgehead atoms. The second-order valence-corrected chi connectivity index (χ2v) is 8.11. The van der Waals surface area contributed by atoms with Crippen molar-refractivity contribution in [1.82, 2.24) is 35.6 Å². The number of carbonyl (C=O) groups is 1. The van der Waals surface area contributed by atoms with E-state index in [-0.39, 0.29) is 17.3 Å². The van der Waals surface area contributed by atoms with Crippen LogP contribution in [0.4, 0.5) is 5.82 Å². The maximum atomic E-state index is 13.0. The van der Waals surface area contributed by atoms with Crippen molar-refractivity contribution in [3.05, 3.63) is 71.0 Å². The average molecular weight is 520 g/mol. The molecule has 13 nitrogen and oxygen atoms in total. The molecule has 38 heavy (non-hydrogen) atoms. The summed E-state index contributed by atoms with van der Waals surface area (Å²) >= 11 is 0. The number of carbonyl (C=O) groups excluding carboxylic acids is 1. The van der Waals surface area contributed by atoms with Crippen molar-refractivity contribution >= 4 is 17.9 Å². The van der Waals surface area contributed by atoms with Crippen LogP contribution < -0.4 is 20.6 Å². The number of nitrogens with two attached hydrogens (primary N) is 1. The normalized spacial score (nSPS) is 11.3. The van der Waals surface area contributed by atoms with Gasteiger partial charge in [0.05, 0.1) is 19.0 Å². The topological polar surface area (TPSA) is 159 Å². The molecule has 0 saturated carbocycles. The number of nitrogens with one attached hydrogen (secondary N) is 1. The molecule has 2 heterocycles. The molecule has 2 aromatic heterocycles. The molecule has 0 unspecified atom stereocenters. The quantitative estimate of drug-likeness (QED) is 0.210. The highest BCUT2D eigenvalue weighted by Crippen LogP contribution is 2.28. The third-order valence-electron chi connectivity index (χ3n) is 5.75. The molecule has 4 rings (SSSR count). The van der Waals surface area contributed by atoms with E-state index in [1.54, 1.807) is 25.3 Å². The first-order valence-electron chi connectivity index (χ1n) is 12.0. The van der Waals surface area contributed by atoms with Gasteiger partial charge in [0.1, 0.15) is 6.61 Å². The zero-order valence-corrected chi connectivity index (χ0v) is 21.4. The van der Waals surface area contributed by atoms with E-state index in [1.807, 2.05) is 44.2 Å². The van der Waals surface area contributed by atoms with Gasteiger partial charge in [0.25, 0.3) is 5.91 Å². The van der Waals surface area contributed by atoms with Gasteiger partial charge in [-0.15, -0.1) is 5.10 Å². The first kappa shape index (κ1) is 26.3. The van der Waals surface area contributed by atoms with Crippen LogP contribution in [0.5, 0.6) is 11.5 Å². The summed E-state index contributed by atoms with van der Waals surface area (Å²) in [6.45, 7) is 6.31. The monoisotopic (exact) mass is 519 g/mol. The van der Waals surface area contributed by atoms with Crippen LogP contribution >= 0.6 is 0 Å². The number of benzene rings is 2. The standard InChI is InChI=1S/C25H29N9O4/c1-4-33(5-2)15-19-22(28-32-34(19)24-23(26)30-38-31-24)25(35)29-27-14-18-11-12-20(21(13-18)36-3)37-16-17-9-7-6-8-10-17/h6-14H,4-5,15-16H2,1-3H3,(H2,26,30)(H,29,35). The van der Waals surface area contributed by atoms with Gasteiger partial charge in [-0.1, -0.05) is 49.4 Å². The zero-order chi connectivity index (χ0) is 26.9. The van der Waals surface area contributed by atoms with E-state index >= 15 is 0 Å². The Morgan fingerprint density at radius 3 is 2.63 bits per heavy atom. The van der Waals surface area contributed by atoms with Gasteiger partial charge in [-0.3, -0.25) is 9.69 Å². The summed E-state index contributed by atoms with van der Waals surface area (Å²) in [6.07, 6.45) is 1.50. The number of hydrazone groups is 1. The van der Waals surface area contributed by atoms with Gasteiger partial charge < -0.3 is 15.2 Å². The van der Waals surface area contributed by atoms with Gasteiger partial charge in [0.2, 0.25) is 11.6 Å². The Morgan fingerprint density at radius 2 is 1.95 bits per heavy atom. The molecule has 4 aromatic rings. The van der Waals surface area contributed by atoms with Gasteiger partial charge in [0.15, 0.2) is 17.2 Å². The maximum Gasteiger partial charge on any atom is 0.293 e. The summed E-state index contributed by atoms with van der Waals surface area (Å²) in [6, 6.07) is 15.2. The molecule has 0 aliphatic heterocycles. The molecule has 0 atom stereocenters. The molecule has 3 N–H and O–H groups in total. The lowest BCUT2D eigenvalue weighted by molar-refractivity contribution is 0.0948. The summed E-state index contributed by atoms with van der Waals surface area (Å²) in [4.78, 5) is 15.1. The lowest BCUT2D eigenvalue weighted by Crippen LogP contribution is -2.27. The molecule has 0 spiro atoms. The van der Waals surface area contributed by atoms with Crippen molar-refractivity contribution < 1.29 is 18.9 Å². The third-order valence-corrected chi connectivity index (χ3v) is 5.75. The SMILES string of the molecule is CCN(CC)Cc1c(C(=O)NN=Cc2ccc(OCc3ccccc3)c(OC)c2)nnn1-c1nonc1N. The predicted octanol–water partition coefficient (Wildman–Crippen LogP) is 2.43. The van der Waals surface area contributed by atoms with E-state index in [1.165, 1.54) is 10.9 Å². The number of rotatable bonds is 12. The van der Waals surface area contributed by atoms with Gasteiger partial charge in [-0.2, -0.15) is 9.78 Å². The number of methoxy groups -OCH3 is 1. The zero-order valence-electron chi connectivity index (χ0n) is 21.4. The second kappa shape index (κ2) is 12.5. The third kappa shape index (κ3) is 6.13. The Hall–Kier alpha value is -4.78. The number of hydrogen-bond acceptors (Lipinski definition) is 11. The summed E-state index contributed by atoms with van der Waals surface area (Å²) < 4.78 is 17.4. The van der Waals surface area contributed by atoms with Crippen LogP contribution in [0.1, 0.15) is 41.2 Å². The van der Waals surface area contributed by atoms with Crippen molar-refractivity contribution in [2.45, 2.75) is 27.0 Å². The first-order valence-corrected chi connectivity index (χ1v) is 12.0. The summed E-state index contributed by atoms with van der Waals surface area (Å²) in [7, 11) is 1.56. The average Bonchev–Trinajstić information content (AvgIpc) is 3.56. The van der Waals surface area contributed by atoms with E-state index in [9.17, 15) is 4.79 Å². The Balaban J connectivity index is 1.47. The van der Waals surface area contributed by atoms with Gasteiger partial charge in [-0.05, 0) is 52.7 Å². The minimum atomic E-state index is -0.542. The van der Waals surface area contributed by atoms with Crippen LogP contribution in [-0.2, 0) is 13.2 Å². The Kier molecular flexibility index (Phi) is 8.61. The second-order valence-electron chi connectivity index (χ2n) is 8.11. The molecule has 0 saturated heterocycles. The van der Waals surface area contributed by atoms with E-state index in [2.05, 4.69) is 36.1 Å². The van der Waals surface area contributed by atoms with Crippen LogP contribution in [0.25, 0.3) is 5.82 Å². The fraction of sp³-hybridized carbons (Fsp3) is 0.280. The lowest BCUT2D eigenvalue weighted by Gasteiger charge is -2.18. The first-order chi connectivity index (χ1) is 18.5. The number of amides is 1. The van der Waals surface area contributed by atoms with Gasteiger partial charge in [0, 0.05) is 6.54 Å². The number of hydrogen-bond donors (Lipinski definition) is 2. The summed E-state index contributed by atoms with van der Waals surface area (Å²) in [5.41, 5.74) is 10.6. The Labute approximate surface area is 219 Å². The number of aromatic nitrogens is 5. The van der Waals surface area contributed by atoms with Gasteiger partial charge in [-0.25, -0.2) is 10.1 Å². The number of nitrogen functional groups attached to an aromatic ring is 1. The molecule has 2 aromatic carbocycles. The number of nitrogens with zero attached hydrogens (tertiary/aromatic N) is 7. The molecule has 0 aliphatic rings. The van der Waals surface area contributed by atoms with E-state index < -0.39 is 5.91 Å². The van der Waals surface area contributed by atoms with Gasteiger partial charge >= 0.3 is 0 Å². The fourth-order valence-electron chi connectivity index (χ4n) is 3.62. The van der Waals surface area contributed by atoms with Crippen molar-refractivity contribution in [2.75, 3.05) is 25.9 Å². The predicted molar refractivity (Wildman–Crippen MR) is 139 cm³/mol. The maximum absolute atomic E-state index is 13.0. The molecule has 0 aliphatic carbocycles. The minimum Gasteiger partial charge on any atom is -0.493 e. The Bertz CT molecular complexity index is 1380. The van der Waals surface area contributed by atoms with Crippen LogP contribution in [0, 0.1) is 0 Å². The lowest BCUT2D eigenvalue weighted by atomic mass is 10.2. The molecule has 0 fully saturated rings.